The summed E-state index contributed by atoms with van der Waals surface area (Å²) in [5, 5.41) is 3.41. The van der Waals surface area contributed by atoms with Crippen LogP contribution in [0.3, 0.4) is 0 Å². The topological polar surface area (TPSA) is 47.6 Å². The molecule has 0 radical (unpaired) electrons. The van der Waals surface area contributed by atoms with Crippen molar-refractivity contribution in [2.75, 3.05) is 18.5 Å². The maximum Gasteiger partial charge on any atom is 0.256 e. The van der Waals surface area contributed by atoms with Crippen molar-refractivity contribution in [3.63, 3.8) is 0 Å². The molecular formula is C17H24ClNO3. The van der Waals surface area contributed by atoms with Crippen LogP contribution in [0.2, 0.25) is 5.02 Å². The lowest BCUT2D eigenvalue weighted by molar-refractivity contribution is -0.142. The van der Waals surface area contributed by atoms with Crippen molar-refractivity contribution in [3.05, 3.63) is 23.2 Å². The number of hydrogen-bond acceptors (Lipinski definition) is 3. The predicted octanol–water partition coefficient (Wildman–Crippen LogP) is 4.27. The molecule has 0 heterocycles. The number of rotatable bonds is 8. The Morgan fingerprint density at radius 1 is 1.41 bits per heavy atom. The predicted molar refractivity (Wildman–Crippen MR) is 88.6 cm³/mol. The molecule has 1 N–H and O–H groups in total. The molecule has 0 aliphatic heterocycles. The SMILES string of the molecule is CCCO[C@@](C)(C(=O)Nc1ccc(OCC)c(Cl)c1)C1CC1. The van der Waals surface area contributed by atoms with Crippen molar-refractivity contribution in [2.24, 2.45) is 5.92 Å². The van der Waals surface area contributed by atoms with Crippen LogP contribution in [0, 0.1) is 5.92 Å². The van der Waals surface area contributed by atoms with Crippen molar-refractivity contribution in [2.45, 2.75) is 45.6 Å². The maximum atomic E-state index is 12.6. The van der Waals surface area contributed by atoms with Crippen LogP contribution < -0.4 is 10.1 Å². The minimum Gasteiger partial charge on any atom is -0.492 e. The number of hydrogen-bond donors (Lipinski definition) is 1. The first kappa shape index (κ1) is 17.1. The van der Waals surface area contributed by atoms with E-state index in [0.717, 1.165) is 19.3 Å². The van der Waals surface area contributed by atoms with Crippen LogP contribution in [0.25, 0.3) is 0 Å². The first-order chi connectivity index (χ1) is 10.5. The summed E-state index contributed by atoms with van der Waals surface area (Å²) in [4.78, 5) is 12.6. The van der Waals surface area contributed by atoms with Crippen LogP contribution in [0.15, 0.2) is 18.2 Å². The second-order valence-corrected chi connectivity index (χ2v) is 6.17. The fraction of sp³-hybridized carbons (Fsp3) is 0.588. The van der Waals surface area contributed by atoms with Gasteiger partial charge in [-0.3, -0.25) is 4.79 Å². The van der Waals surface area contributed by atoms with E-state index < -0.39 is 5.60 Å². The van der Waals surface area contributed by atoms with Crippen molar-refractivity contribution in [1.82, 2.24) is 0 Å². The van der Waals surface area contributed by atoms with E-state index in [2.05, 4.69) is 5.32 Å². The van der Waals surface area contributed by atoms with Crippen LogP contribution in [-0.2, 0) is 9.53 Å². The van der Waals surface area contributed by atoms with E-state index >= 15 is 0 Å². The molecule has 0 spiro atoms. The minimum atomic E-state index is -0.763. The third-order valence-corrected chi connectivity index (χ3v) is 4.20. The van der Waals surface area contributed by atoms with Gasteiger partial charge in [-0.05, 0) is 57.2 Å². The summed E-state index contributed by atoms with van der Waals surface area (Å²) in [6.07, 6.45) is 2.97. The van der Waals surface area contributed by atoms with Gasteiger partial charge in [-0.25, -0.2) is 0 Å². The van der Waals surface area contributed by atoms with Gasteiger partial charge in [-0.2, -0.15) is 0 Å². The standard InChI is InChI=1S/C17H24ClNO3/c1-4-10-22-17(3,12-6-7-12)16(20)19-13-8-9-15(21-5-2)14(18)11-13/h8-9,11-12H,4-7,10H2,1-3H3,(H,19,20)/t17-/m1/s1. The number of benzene rings is 1. The van der Waals surface area contributed by atoms with Gasteiger partial charge >= 0.3 is 0 Å². The van der Waals surface area contributed by atoms with Gasteiger partial charge in [0.2, 0.25) is 0 Å². The Labute approximate surface area is 137 Å². The van der Waals surface area contributed by atoms with Crippen molar-refractivity contribution < 1.29 is 14.3 Å². The molecule has 122 valence electrons. The van der Waals surface area contributed by atoms with Crippen LogP contribution in [0.4, 0.5) is 5.69 Å². The third-order valence-electron chi connectivity index (χ3n) is 3.90. The van der Waals surface area contributed by atoms with E-state index in [-0.39, 0.29) is 5.91 Å². The Bertz CT molecular complexity index is 531. The molecule has 0 saturated heterocycles. The van der Waals surface area contributed by atoms with Crippen LogP contribution in [0.1, 0.15) is 40.0 Å². The molecule has 0 aromatic heterocycles. The molecule has 5 heteroatoms. The average Bonchev–Trinajstić information content (AvgIpc) is 3.32. The molecule has 1 amide bonds. The fourth-order valence-corrected chi connectivity index (χ4v) is 2.66. The first-order valence-corrected chi connectivity index (χ1v) is 8.26. The number of ether oxygens (including phenoxy) is 2. The molecule has 0 bridgehead atoms. The summed E-state index contributed by atoms with van der Waals surface area (Å²) in [5.41, 5.74) is -0.105. The Morgan fingerprint density at radius 3 is 2.68 bits per heavy atom. The molecule has 4 nitrogen and oxygen atoms in total. The summed E-state index contributed by atoms with van der Waals surface area (Å²) < 4.78 is 11.3. The molecule has 0 unspecified atom stereocenters. The smallest absolute Gasteiger partial charge is 0.256 e. The van der Waals surface area contributed by atoms with Gasteiger partial charge in [-0.15, -0.1) is 0 Å². The van der Waals surface area contributed by atoms with Gasteiger partial charge in [0, 0.05) is 12.3 Å². The highest BCUT2D eigenvalue weighted by Crippen LogP contribution is 2.42. The Morgan fingerprint density at radius 2 is 2.14 bits per heavy atom. The molecule has 1 atom stereocenters. The summed E-state index contributed by atoms with van der Waals surface area (Å²) in [5.74, 6) is 0.815. The Kier molecular flexibility index (Phi) is 5.70. The highest BCUT2D eigenvalue weighted by Gasteiger charge is 2.48. The van der Waals surface area contributed by atoms with E-state index in [4.69, 9.17) is 21.1 Å². The molecule has 1 aromatic carbocycles. The molecular weight excluding hydrogens is 302 g/mol. The lowest BCUT2D eigenvalue weighted by Crippen LogP contribution is -2.45. The van der Waals surface area contributed by atoms with Gasteiger partial charge in [0.1, 0.15) is 11.4 Å². The van der Waals surface area contributed by atoms with Crippen LogP contribution in [0.5, 0.6) is 5.75 Å². The Balaban J connectivity index is 2.08. The van der Waals surface area contributed by atoms with Crippen LogP contribution >= 0.6 is 11.6 Å². The monoisotopic (exact) mass is 325 g/mol. The van der Waals surface area contributed by atoms with Crippen molar-refractivity contribution in [3.8, 4) is 5.75 Å². The second-order valence-electron chi connectivity index (χ2n) is 5.76. The van der Waals surface area contributed by atoms with Gasteiger partial charge < -0.3 is 14.8 Å². The number of halogens is 1. The van der Waals surface area contributed by atoms with E-state index in [1.807, 2.05) is 20.8 Å². The number of anilines is 1. The van der Waals surface area contributed by atoms with Gasteiger partial charge in [0.15, 0.2) is 0 Å². The number of carbonyl (C=O) groups excluding carboxylic acids is 1. The normalized spacial score (nSPS) is 16.9. The largest absolute Gasteiger partial charge is 0.492 e. The van der Waals surface area contributed by atoms with E-state index in [1.54, 1.807) is 18.2 Å². The second kappa shape index (κ2) is 7.34. The van der Waals surface area contributed by atoms with Crippen molar-refractivity contribution >= 4 is 23.2 Å². The van der Waals surface area contributed by atoms with Gasteiger partial charge in [0.05, 0.1) is 11.6 Å². The molecule has 1 fully saturated rings. The summed E-state index contributed by atoms with van der Waals surface area (Å²) in [6, 6.07) is 5.27. The van der Waals surface area contributed by atoms with E-state index in [9.17, 15) is 4.79 Å². The lowest BCUT2D eigenvalue weighted by Gasteiger charge is -2.28. The zero-order valence-corrected chi connectivity index (χ0v) is 14.2. The summed E-state index contributed by atoms with van der Waals surface area (Å²) >= 11 is 6.16. The summed E-state index contributed by atoms with van der Waals surface area (Å²) in [6.45, 7) is 6.96. The zero-order valence-electron chi connectivity index (χ0n) is 13.4. The first-order valence-electron chi connectivity index (χ1n) is 7.89. The quantitative estimate of drug-likeness (QED) is 0.776. The van der Waals surface area contributed by atoms with E-state index in [0.29, 0.717) is 35.6 Å². The van der Waals surface area contributed by atoms with Crippen molar-refractivity contribution in [1.29, 1.82) is 0 Å². The third kappa shape index (κ3) is 3.93. The van der Waals surface area contributed by atoms with Gasteiger partial charge in [-0.1, -0.05) is 18.5 Å². The van der Waals surface area contributed by atoms with E-state index in [1.165, 1.54) is 0 Å². The number of carbonyl (C=O) groups is 1. The average molecular weight is 326 g/mol. The molecule has 22 heavy (non-hydrogen) atoms. The number of amides is 1. The van der Waals surface area contributed by atoms with Crippen LogP contribution in [-0.4, -0.2) is 24.7 Å². The fourth-order valence-electron chi connectivity index (χ4n) is 2.42. The molecule has 1 aromatic rings. The lowest BCUT2D eigenvalue weighted by atomic mass is 9.98. The highest BCUT2D eigenvalue weighted by atomic mass is 35.5. The Hall–Kier alpha value is -1.26. The zero-order chi connectivity index (χ0) is 16.2. The number of nitrogens with one attached hydrogen (secondary N) is 1. The minimum absolute atomic E-state index is 0.108. The molecule has 1 aliphatic rings. The molecule has 1 aliphatic carbocycles. The highest BCUT2D eigenvalue weighted by molar-refractivity contribution is 6.32. The maximum absolute atomic E-state index is 12.6. The molecule has 1 saturated carbocycles. The van der Waals surface area contributed by atoms with Gasteiger partial charge in [0.25, 0.3) is 5.91 Å². The summed E-state index contributed by atoms with van der Waals surface area (Å²) in [7, 11) is 0. The molecule has 2 rings (SSSR count).